The van der Waals surface area contributed by atoms with Gasteiger partial charge in [-0.15, -0.1) is 0 Å². The van der Waals surface area contributed by atoms with E-state index in [1.807, 2.05) is 50.4 Å². The first kappa shape index (κ1) is 23.0. The van der Waals surface area contributed by atoms with Gasteiger partial charge < -0.3 is 20.7 Å². The minimum Gasteiger partial charge on any atom is -0.495 e. The van der Waals surface area contributed by atoms with Gasteiger partial charge in [-0.05, 0) is 44.0 Å². The molecular weight excluding hydrogens is 404 g/mol. The van der Waals surface area contributed by atoms with Crippen molar-refractivity contribution in [1.29, 1.82) is 0 Å². The summed E-state index contributed by atoms with van der Waals surface area (Å²) in [5, 5.41) is 9.05. The Bertz CT molecular complexity index is 1040. The number of benzene rings is 1. The lowest BCUT2D eigenvalue weighted by Gasteiger charge is -2.19. The molecule has 32 heavy (non-hydrogen) atoms. The molecule has 0 saturated heterocycles. The van der Waals surface area contributed by atoms with Gasteiger partial charge in [0.05, 0.1) is 24.5 Å². The molecule has 2 amide bonds. The largest absolute Gasteiger partial charge is 0.495 e. The number of ether oxygens (including phenoxy) is 1. The Hall–Kier alpha value is -3.68. The van der Waals surface area contributed by atoms with E-state index in [4.69, 9.17) is 4.74 Å². The maximum Gasteiger partial charge on any atom is 0.319 e. The van der Waals surface area contributed by atoms with Crippen LogP contribution in [0.2, 0.25) is 0 Å². The fourth-order valence-electron chi connectivity index (χ4n) is 3.44. The second kappa shape index (κ2) is 11.1. The summed E-state index contributed by atoms with van der Waals surface area (Å²) >= 11 is 0. The van der Waals surface area contributed by atoms with Crippen LogP contribution in [0, 0.1) is 6.92 Å². The number of nitrogens with zero attached hydrogens (tertiary/aromatic N) is 3. The van der Waals surface area contributed by atoms with E-state index in [-0.39, 0.29) is 12.1 Å². The van der Waals surface area contributed by atoms with Gasteiger partial charge in [-0.2, -0.15) is 0 Å². The van der Waals surface area contributed by atoms with Gasteiger partial charge in [0.25, 0.3) is 0 Å². The molecule has 3 N–H and O–H groups in total. The van der Waals surface area contributed by atoms with Gasteiger partial charge in [0.2, 0.25) is 0 Å². The van der Waals surface area contributed by atoms with Crippen LogP contribution >= 0.6 is 0 Å². The van der Waals surface area contributed by atoms with E-state index >= 15 is 0 Å². The quantitative estimate of drug-likeness (QED) is 0.440. The Morgan fingerprint density at radius 3 is 2.69 bits per heavy atom. The van der Waals surface area contributed by atoms with Crippen molar-refractivity contribution in [3.8, 4) is 17.0 Å². The van der Waals surface area contributed by atoms with Crippen molar-refractivity contribution in [2.24, 2.45) is 0 Å². The number of aryl methyl sites for hydroxylation is 1. The monoisotopic (exact) mass is 434 g/mol. The van der Waals surface area contributed by atoms with Crippen molar-refractivity contribution in [3.05, 3.63) is 60.2 Å². The van der Waals surface area contributed by atoms with E-state index < -0.39 is 0 Å². The van der Waals surface area contributed by atoms with E-state index in [9.17, 15) is 4.79 Å². The van der Waals surface area contributed by atoms with Crippen LogP contribution in [0.1, 0.15) is 44.1 Å². The van der Waals surface area contributed by atoms with Gasteiger partial charge in [-0.25, -0.2) is 14.8 Å². The lowest BCUT2D eigenvalue weighted by atomic mass is 10.0. The second-order valence-electron chi connectivity index (χ2n) is 7.36. The number of urea groups is 1. The van der Waals surface area contributed by atoms with Gasteiger partial charge in [-0.1, -0.05) is 25.5 Å². The van der Waals surface area contributed by atoms with Gasteiger partial charge >= 0.3 is 6.03 Å². The van der Waals surface area contributed by atoms with Gasteiger partial charge in [0.15, 0.2) is 0 Å². The molecule has 8 nitrogen and oxygen atoms in total. The van der Waals surface area contributed by atoms with Crippen LogP contribution in [0.15, 0.2) is 48.8 Å². The van der Waals surface area contributed by atoms with Crippen LogP contribution in [0.3, 0.4) is 0 Å². The van der Waals surface area contributed by atoms with Crippen molar-refractivity contribution < 1.29 is 9.53 Å². The van der Waals surface area contributed by atoms with E-state index in [0.717, 1.165) is 35.5 Å². The smallest absolute Gasteiger partial charge is 0.319 e. The molecule has 0 aliphatic rings. The minimum absolute atomic E-state index is 0.106. The maximum atomic E-state index is 11.9. The minimum atomic E-state index is -0.278. The third kappa shape index (κ3) is 5.94. The van der Waals surface area contributed by atoms with Crippen LogP contribution in [0.4, 0.5) is 16.3 Å². The fourth-order valence-corrected chi connectivity index (χ4v) is 3.44. The zero-order valence-electron chi connectivity index (χ0n) is 19.0. The summed E-state index contributed by atoms with van der Waals surface area (Å²) in [6, 6.07) is 11.3. The maximum absolute atomic E-state index is 11.9. The third-order valence-electron chi connectivity index (χ3n) is 4.91. The van der Waals surface area contributed by atoms with Crippen molar-refractivity contribution in [2.45, 2.75) is 39.7 Å². The number of methoxy groups -OCH3 is 1. The van der Waals surface area contributed by atoms with E-state index in [1.165, 1.54) is 0 Å². The SMILES string of the molecule is CCC[C@H](Nc1cc(-c2ccc(NC(=O)NCC)c(OC)c2)nc(C)n1)c1cccnc1. The molecule has 3 rings (SSSR count). The number of rotatable bonds is 9. The lowest BCUT2D eigenvalue weighted by molar-refractivity contribution is 0.252. The number of pyridine rings is 1. The molecular formula is C24H30N6O2. The van der Waals surface area contributed by atoms with Crippen LogP contribution < -0.4 is 20.7 Å². The third-order valence-corrected chi connectivity index (χ3v) is 4.91. The molecule has 8 heteroatoms. The number of hydrogen-bond acceptors (Lipinski definition) is 6. The number of anilines is 2. The molecule has 0 aliphatic heterocycles. The van der Waals surface area contributed by atoms with Gasteiger partial charge in [0, 0.05) is 30.6 Å². The number of carbonyl (C=O) groups is 1. The Labute approximate surface area is 188 Å². The summed E-state index contributed by atoms with van der Waals surface area (Å²) in [4.78, 5) is 25.3. The number of hydrogen-bond donors (Lipinski definition) is 3. The molecule has 2 heterocycles. The van der Waals surface area contributed by atoms with E-state index in [1.54, 1.807) is 13.3 Å². The molecule has 1 atom stereocenters. The Morgan fingerprint density at radius 2 is 2.00 bits per heavy atom. The molecule has 0 saturated carbocycles. The van der Waals surface area contributed by atoms with Crippen molar-refractivity contribution >= 4 is 17.5 Å². The first-order valence-corrected chi connectivity index (χ1v) is 10.8. The molecule has 0 fully saturated rings. The molecule has 2 aromatic heterocycles. The first-order valence-electron chi connectivity index (χ1n) is 10.8. The van der Waals surface area contributed by atoms with Crippen LogP contribution in [-0.4, -0.2) is 34.6 Å². The molecule has 168 valence electrons. The summed E-state index contributed by atoms with van der Waals surface area (Å²) in [6.45, 7) is 6.43. The number of nitrogens with one attached hydrogen (secondary N) is 3. The van der Waals surface area contributed by atoms with E-state index in [0.29, 0.717) is 23.8 Å². The molecule has 1 aromatic carbocycles. The highest BCUT2D eigenvalue weighted by molar-refractivity contribution is 5.91. The molecule has 0 radical (unpaired) electrons. The Morgan fingerprint density at radius 1 is 1.16 bits per heavy atom. The highest BCUT2D eigenvalue weighted by atomic mass is 16.5. The average Bonchev–Trinajstić information content (AvgIpc) is 2.79. The molecule has 3 aromatic rings. The highest BCUT2D eigenvalue weighted by Gasteiger charge is 2.14. The summed E-state index contributed by atoms with van der Waals surface area (Å²) in [7, 11) is 1.57. The standard InChI is InChI=1S/C24H30N6O2/c1-5-8-19(18-9-7-12-25-15-18)29-23-14-21(27-16(3)28-23)17-10-11-20(22(13-17)32-4)30-24(31)26-6-2/h7,9-15,19H,5-6,8H2,1-4H3,(H2,26,30,31)(H,27,28,29)/t19-/m0/s1. The van der Waals surface area contributed by atoms with Gasteiger partial charge in [0.1, 0.15) is 17.4 Å². The molecule has 0 aliphatic carbocycles. The van der Waals surface area contributed by atoms with E-state index in [2.05, 4.69) is 43.9 Å². The normalized spacial score (nSPS) is 11.5. The number of amides is 2. The number of carbonyl (C=O) groups excluding carboxylic acids is 1. The predicted molar refractivity (Wildman–Crippen MR) is 127 cm³/mol. The van der Waals surface area contributed by atoms with Crippen LogP contribution in [0.25, 0.3) is 11.3 Å². The molecule has 0 unspecified atom stereocenters. The zero-order chi connectivity index (χ0) is 22.9. The van der Waals surface area contributed by atoms with Crippen LogP contribution in [-0.2, 0) is 0 Å². The lowest BCUT2D eigenvalue weighted by Crippen LogP contribution is -2.28. The van der Waals surface area contributed by atoms with Crippen LogP contribution in [0.5, 0.6) is 5.75 Å². The van der Waals surface area contributed by atoms with Crippen molar-refractivity contribution in [1.82, 2.24) is 20.3 Å². The summed E-state index contributed by atoms with van der Waals surface area (Å²) < 4.78 is 5.49. The predicted octanol–water partition coefficient (Wildman–Crippen LogP) is 4.95. The average molecular weight is 435 g/mol. The summed E-state index contributed by atoms with van der Waals surface area (Å²) in [5.74, 6) is 1.96. The molecule has 0 spiro atoms. The van der Waals surface area contributed by atoms with Crippen molar-refractivity contribution in [2.75, 3.05) is 24.3 Å². The second-order valence-corrected chi connectivity index (χ2v) is 7.36. The van der Waals surface area contributed by atoms with Crippen molar-refractivity contribution in [3.63, 3.8) is 0 Å². The highest BCUT2D eigenvalue weighted by Crippen LogP contribution is 2.31. The number of aromatic nitrogens is 3. The fraction of sp³-hybridized carbons (Fsp3) is 0.333. The molecule has 0 bridgehead atoms. The Kier molecular flexibility index (Phi) is 7.96. The van der Waals surface area contributed by atoms with Gasteiger partial charge in [-0.3, -0.25) is 4.98 Å². The summed E-state index contributed by atoms with van der Waals surface area (Å²) in [6.07, 6.45) is 5.64. The first-order chi connectivity index (χ1) is 15.5. The summed E-state index contributed by atoms with van der Waals surface area (Å²) in [5.41, 5.74) is 3.34. The Balaban J connectivity index is 1.88. The topological polar surface area (TPSA) is 101 Å². The zero-order valence-corrected chi connectivity index (χ0v) is 19.0.